The summed E-state index contributed by atoms with van der Waals surface area (Å²) < 4.78 is 26.8. The number of hydrogen-bond acceptors (Lipinski definition) is 4. The van der Waals surface area contributed by atoms with E-state index in [0.717, 1.165) is 12.0 Å². The zero-order valence-corrected chi connectivity index (χ0v) is 12.6. The summed E-state index contributed by atoms with van der Waals surface area (Å²) in [6, 6.07) is 0. The third-order valence-electron chi connectivity index (χ3n) is 3.37. The van der Waals surface area contributed by atoms with Crippen molar-refractivity contribution in [3.8, 4) is 0 Å². The van der Waals surface area contributed by atoms with Gasteiger partial charge in [-0.1, -0.05) is 13.8 Å². The fraction of sp³-hybridized carbons (Fsp3) is 0.667. The zero-order chi connectivity index (χ0) is 13.6. The number of nitrogens with zero attached hydrogens (tertiary/aromatic N) is 1. The van der Waals surface area contributed by atoms with E-state index in [-0.39, 0.29) is 12.0 Å². The Morgan fingerprint density at radius 3 is 2.67 bits per heavy atom. The molecule has 2 rings (SSSR count). The fourth-order valence-corrected chi connectivity index (χ4v) is 5.58. The molecule has 102 valence electrons. The highest BCUT2D eigenvalue weighted by atomic mass is 32.2. The predicted octanol–water partition coefficient (Wildman–Crippen LogP) is 1.97. The van der Waals surface area contributed by atoms with E-state index in [1.807, 2.05) is 0 Å². The second kappa shape index (κ2) is 4.59. The van der Waals surface area contributed by atoms with Crippen LogP contribution in [0, 0.1) is 12.3 Å². The van der Waals surface area contributed by atoms with Crippen molar-refractivity contribution in [3.63, 3.8) is 0 Å². The van der Waals surface area contributed by atoms with Crippen LogP contribution in [-0.4, -0.2) is 30.9 Å². The van der Waals surface area contributed by atoms with Crippen molar-refractivity contribution < 1.29 is 13.5 Å². The summed E-state index contributed by atoms with van der Waals surface area (Å²) in [4.78, 5) is 0.852. The van der Waals surface area contributed by atoms with Gasteiger partial charge in [-0.3, -0.25) is 0 Å². The molecule has 2 heterocycles. The first kappa shape index (κ1) is 14.0. The van der Waals surface area contributed by atoms with Gasteiger partial charge >= 0.3 is 0 Å². The largest absolute Gasteiger partial charge is 0.391 e. The van der Waals surface area contributed by atoms with Gasteiger partial charge in [0.25, 0.3) is 0 Å². The summed E-state index contributed by atoms with van der Waals surface area (Å²) in [7, 11) is -3.46. The molecule has 1 N–H and O–H groups in total. The molecule has 0 bridgehead atoms. The Morgan fingerprint density at radius 1 is 1.50 bits per heavy atom. The molecule has 0 spiro atoms. The summed E-state index contributed by atoms with van der Waals surface area (Å²) >= 11 is 1.31. The Bertz CT molecular complexity index is 546. The Hall–Kier alpha value is -0.430. The Morgan fingerprint density at radius 2 is 2.17 bits per heavy atom. The molecule has 18 heavy (non-hydrogen) atoms. The second-order valence-electron chi connectivity index (χ2n) is 5.58. The van der Waals surface area contributed by atoms with Gasteiger partial charge in [-0.15, -0.1) is 11.3 Å². The molecule has 1 aromatic rings. The highest BCUT2D eigenvalue weighted by Crippen LogP contribution is 2.36. The molecule has 0 aliphatic carbocycles. The van der Waals surface area contributed by atoms with Gasteiger partial charge in [-0.2, -0.15) is 4.31 Å². The van der Waals surface area contributed by atoms with Gasteiger partial charge in [0.1, 0.15) is 4.90 Å². The third kappa shape index (κ3) is 2.34. The SMILES string of the molecule is Cc1csc(CO)c1S(=O)(=O)N1CCC(C)(C)C1. The van der Waals surface area contributed by atoms with Crippen molar-refractivity contribution >= 4 is 21.4 Å². The van der Waals surface area contributed by atoms with Crippen LogP contribution in [-0.2, 0) is 16.6 Å². The smallest absolute Gasteiger partial charge is 0.244 e. The molecule has 6 heteroatoms. The van der Waals surface area contributed by atoms with E-state index in [1.165, 1.54) is 11.3 Å². The molecule has 0 amide bonds. The van der Waals surface area contributed by atoms with Crippen LogP contribution in [0.5, 0.6) is 0 Å². The van der Waals surface area contributed by atoms with Crippen molar-refractivity contribution in [3.05, 3.63) is 15.8 Å². The van der Waals surface area contributed by atoms with Gasteiger partial charge in [0.05, 0.1) is 11.5 Å². The van der Waals surface area contributed by atoms with Gasteiger partial charge in [-0.25, -0.2) is 8.42 Å². The lowest BCUT2D eigenvalue weighted by molar-refractivity contribution is 0.282. The Balaban J connectivity index is 2.40. The minimum Gasteiger partial charge on any atom is -0.391 e. The first-order valence-electron chi connectivity index (χ1n) is 5.96. The minimum atomic E-state index is -3.46. The maximum absolute atomic E-state index is 12.6. The molecule has 0 radical (unpaired) electrons. The number of sulfonamides is 1. The van der Waals surface area contributed by atoms with E-state index in [2.05, 4.69) is 13.8 Å². The van der Waals surface area contributed by atoms with Crippen LogP contribution in [0.25, 0.3) is 0 Å². The third-order valence-corrected chi connectivity index (χ3v) is 6.67. The average Bonchev–Trinajstić information content (AvgIpc) is 2.81. The van der Waals surface area contributed by atoms with Crippen LogP contribution in [0.15, 0.2) is 10.3 Å². The molecule has 0 aromatic carbocycles. The standard InChI is InChI=1S/C12H19NO3S2/c1-9-7-17-10(6-14)11(9)18(15,16)13-5-4-12(2,3)8-13/h7,14H,4-6,8H2,1-3H3. The predicted molar refractivity (Wildman–Crippen MR) is 72.1 cm³/mol. The maximum atomic E-state index is 12.6. The Labute approximate surface area is 112 Å². The lowest BCUT2D eigenvalue weighted by atomic mass is 9.93. The number of aliphatic hydroxyl groups excluding tert-OH is 1. The van der Waals surface area contributed by atoms with E-state index in [4.69, 9.17) is 0 Å². The fourth-order valence-electron chi connectivity index (χ4n) is 2.34. The first-order chi connectivity index (χ1) is 8.28. The van der Waals surface area contributed by atoms with Crippen molar-refractivity contribution in [2.45, 2.75) is 38.7 Å². The second-order valence-corrected chi connectivity index (χ2v) is 8.42. The van der Waals surface area contributed by atoms with E-state index < -0.39 is 10.0 Å². The van der Waals surface area contributed by atoms with Crippen LogP contribution in [0.3, 0.4) is 0 Å². The number of aliphatic hydroxyl groups is 1. The van der Waals surface area contributed by atoms with Crippen molar-refractivity contribution in [2.75, 3.05) is 13.1 Å². The van der Waals surface area contributed by atoms with E-state index in [1.54, 1.807) is 16.6 Å². The monoisotopic (exact) mass is 289 g/mol. The molecule has 1 aromatic heterocycles. The molecular weight excluding hydrogens is 270 g/mol. The van der Waals surface area contributed by atoms with Crippen LogP contribution >= 0.6 is 11.3 Å². The lowest BCUT2D eigenvalue weighted by Gasteiger charge is -2.20. The number of rotatable bonds is 3. The van der Waals surface area contributed by atoms with Gasteiger partial charge in [0.15, 0.2) is 0 Å². The molecule has 0 atom stereocenters. The average molecular weight is 289 g/mol. The summed E-state index contributed by atoms with van der Waals surface area (Å²) in [6.45, 7) is 6.84. The summed E-state index contributed by atoms with van der Waals surface area (Å²) in [5.74, 6) is 0. The highest BCUT2D eigenvalue weighted by Gasteiger charge is 2.38. The zero-order valence-electron chi connectivity index (χ0n) is 10.9. The van der Waals surface area contributed by atoms with Crippen LogP contribution in [0.1, 0.15) is 30.7 Å². The highest BCUT2D eigenvalue weighted by molar-refractivity contribution is 7.89. The lowest BCUT2D eigenvalue weighted by Crippen LogP contribution is -2.31. The minimum absolute atomic E-state index is 0.0381. The molecule has 0 unspecified atom stereocenters. The number of thiophene rings is 1. The summed E-state index contributed by atoms with van der Waals surface area (Å²) in [6.07, 6.45) is 0.879. The quantitative estimate of drug-likeness (QED) is 0.925. The van der Waals surface area contributed by atoms with Gasteiger partial charge in [0, 0.05) is 13.1 Å². The van der Waals surface area contributed by atoms with E-state index in [0.29, 0.717) is 22.9 Å². The molecule has 0 saturated carbocycles. The molecular formula is C12H19NO3S2. The van der Waals surface area contributed by atoms with Crippen LogP contribution in [0.4, 0.5) is 0 Å². The summed E-state index contributed by atoms with van der Waals surface area (Å²) in [5, 5.41) is 11.1. The number of aryl methyl sites for hydroxylation is 1. The molecule has 1 saturated heterocycles. The normalized spacial score (nSPS) is 20.4. The van der Waals surface area contributed by atoms with Crippen LogP contribution < -0.4 is 0 Å². The van der Waals surface area contributed by atoms with Gasteiger partial charge in [-0.05, 0) is 29.7 Å². The summed E-state index contributed by atoms with van der Waals surface area (Å²) in [5.41, 5.74) is 0.768. The molecule has 1 fully saturated rings. The maximum Gasteiger partial charge on any atom is 0.244 e. The van der Waals surface area contributed by atoms with Gasteiger partial charge < -0.3 is 5.11 Å². The number of hydrogen-bond donors (Lipinski definition) is 1. The first-order valence-corrected chi connectivity index (χ1v) is 8.28. The molecule has 1 aliphatic rings. The molecule has 4 nitrogen and oxygen atoms in total. The van der Waals surface area contributed by atoms with Crippen molar-refractivity contribution in [1.82, 2.24) is 4.31 Å². The topological polar surface area (TPSA) is 57.6 Å². The van der Waals surface area contributed by atoms with Crippen LogP contribution in [0.2, 0.25) is 0 Å². The van der Waals surface area contributed by atoms with E-state index in [9.17, 15) is 13.5 Å². The Kier molecular flexibility index (Phi) is 3.57. The van der Waals surface area contributed by atoms with Gasteiger partial charge in [0.2, 0.25) is 10.0 Å². The van der Waals surface area contributed by atoms with E-state index >= 15 is 0 Å². The van der Waals surface area contributed by atoms with Crippen molar-refractivity contribution in [1.29, 1.82) is 0 Å². The molecule has 1 aliphatic heterocycles. The van der Waals surface area contributed by atoms with Crippen molar-refractivity contribution in [2.24, 2.45) is 5.41 Å².